The van der Waals surface area contributed by atoms with E-state index in [2.05, 4.69) is 36.3 Å². The predicted octanol–water partition coefficient (Wildman–Crippen LogP) is 4.24. The van der Waals surface area contributed by atoms with Crippen molar-refractivity contribution in [2.24, 2.45) is 12.8 Å². The van der Waals surface area contributed by atoms with Gasteiger partial charge in [0.25, 0.3) is 5.91 Å². The molecule has 0 spiro atoms. The average molecular weight is 546 g/mol. The first-order valence-electron chi connectivity index (χ1n) is 11.4. The van der Waals surface area contributed by atoms with E-state index in [0.717, 1.165) is 17.1 Å². The monoisotopic (exact) mass is 545 g/mol. The van der Waals surface area contributed by atoms with Gasteiger partial charge < -0.3 is 25.1 Å². The van der Waals surface area contributed by atoms with Gasteiger partial charge in [-0.3, -0.25) is 9.59 Å². The molecule has 0 aliphatic carbocycles. The molecular weight excluding hydrogens is 514 g/mol. The number of aromatic nitrogens is 3. The summed E-state index contributed by atoms with van der Waals surface area (Å²) in [6, 6.07) is 7.97. The lowest BCUT2D eigenvalue weighted by atomic mass is 9.87. The van der Waals surface area contributed by atoms with Gasteiger partial charge in [-0.1, -0.05) is 44.7 Å². The second kappa shape index (κ2) is 11.3. The number of hydrogen-bond donors (Lipinski definition) is 2. The Morgan fingerprint density at radius 2 is 1.84 bits per heavy atom. The van der Waals surface area contributed by atoms with Gasteiger partial charge in [-0.2, -0.15) is 0 Å². The van der Waals surface area contributed by atoms with Crippen LogP contribution < -0.4 is 15.8 Å². The van der Waals surface area contributed by atoms with Crippen molar-refractivity contribution >= 4 is 45.9 Å². The molecule has 3 rings (SSSR count). The zero-order valence-corrected chi connectivity index (χ0v) is 23.5. The van der Waals surface area contributed by atoms with Crippen LogP contribution in [-0.4, -0.2) is 45.4 Å². The highest BCUT2D eigenvalue weighted by molar-refractivity contribution is 7.99. The van der Waals surface area contributed by atoms with E-state index in [4.69, 9.17) is 15.2 Å². The summed E-state index contributed by atoms with van der Waals surface area (Å²) in [5.41, 5.74) is 7.14. The minimum absolute atomic E-state index is 0.00105. The Hall–Kier alpha value is -3.38. The molecule has 0 saturated heterocycles. The van der Waals surface area contributed by atoms with Crippen molar-refractivity contribution < 1.29 is 23.9 Å². The summed E-state index contributed by atoms with van der Waals surface area (Å²) in [4.78, 5) is 36.7. The molecule has 0 bridgehead atoms. The van der Waals surface area contributed by atoms with Gasteiger partial charge in [0.15, 0.2) is 17.1 Å². The van der Waals surface area contributed by atoms with E-state index in [0.29, 0.717) is 16.5 Å². The number of ether oxygens (including phenoxy) is 2. The Morgan fingerprint density at radius 3 is 2.41 bits per heavy atom. The largest absolute Gasteiger partial charge is 0.483 e. The minimum atomic E-state index is -0.685. The van der Waals surface area contributed by atoms with Crippen molar-refractivity contribution in [3.05, 3.63) is 51.7 Å². The first kappa shape index (κ1) is 28.2. The second-order valence-corrected chi connectivity index (χ2v) is 11.4. The number of rotatable bonds is 9. The molecule has 37 heavy (non-hydrogen) atoms. The number of esters is 1. The molecule has 0 saturated carbocycles. The van der Waals surface area contributed by atoms with Gasteiger partial charge in [0.2, 0.25) is 5.91 Å². The van der Waals surface area contributed by atoms with E-state index in [1.165, 1.54) is 24.4 Å². The number of nitrogens with zero attached hydrogens (tertiary/aromatic N) is 3. The van der Waals surface area contributed by atoms with Crippen LogP contribution in [0.4, 0.5) is 5.00 Å². The summed E-state index contributed by atoms with van der Waals surface area (Å²) >= 11 is 2.12. The standard InChI is InChI=1S/C25H31N5O5S2/c1-13-18(23(33)34-7)22(37-19(13)20(26)32)27-17(31)12-36-24-29-28-21(30(24)6)14(2)35-16-10-8-15(9-11-16)25(3,4)5/h8-11,14H,12H2,1-7H3,(H2,26,32)(H,27,31). The molecule has 3 N–H and O–H groups in total. The molecule has 2 heterocycles. The topological polar surface area (TPSA) is 138 Å². The fraction of sp³-hybridized carbons (Fsp3) is 0.400. The van der Waals surface area contributed by atoms with Crippen LogP contribution in [0.1, 0.15) is 70.8 Å². The quantitative estimate of drug-likeness (QED) is 0.301. The van der Waals surface area contributed by atoms with Crippen LogP contribution in [-0.2, 0) is 22.0 Å². The zero-order valence-electron chi connectivity index (χ0n) is 21.9. The molecular formula is C25H31N5O5S2. The van der Waals surface area contributed by atoms with Gasteiger partial charge in [-0.15, -0.1) is 21.5 Å². The summed E-state index contributed by atoms with van der Waals surface area (Å²) in [6.45, 7) is 9.93. The van der Waals surface area contributed by atoms with E-state index in [-0.39, 0.29) is 38.6 Å². The van der Waals surface area contributed by atoms with E-state index < -0.39 is 11.9 Å². The number of hydrogen-bond acceptors (Lipinski definition) is 9. The Morgan fingerprint density at radius 1 is 1.19 bits per heavy atom. The number of carbonyl (C=O) groups excluding carboxylic acids is 3. The molecule has 1 unspecified atom stereocenters. The Balaban J connectivity index is 1.65. The SMILES string of the molecule is COC(=O)c1c(NC(=O)CSc2nnc(C(C)Oc3ccc(C(C)(C)C)cc3)n2C)sc(C(N)=O)c1C. The van der Waals surface area contributed by atoms with Gasteiger partial charge >= 0.3 is 5.97 Å². The highest BCUT2D eigenvalue weighted by Gasteiger charge is 2.26. The van der Waals surface area contributed by atoms with Crippen molar-refractivity contribution in [1.82, 2.24) is 14.8 Å². The van der Waals surface area contributed by atoms with Gasteiger partial charge in [-0.05, 0) is 42.5 Å². The number of methoxy groups -OCH3 is 1. The molecule has 10 nitrogen and oxygen atoms in total. The molecule has 12 heteroatoms. The molecule has 2 amide bonds. The van der Waals surface area contributed by atoms with Crippen LogP contribution in [0, 0.1) is 6.92 Å². The average Bonchev–Trinajstić information content (AvgIpc) is 3.36. The van der Waals surface area contributed by atoms with Gasteiger partial charge in [0.05, 0.1) is 23.3 Å². The highest BCUT2D eigenvalue weighted by Crippen LogP contribution is 2.34. The molecule has 2 aromatic heterocycles. The minimum Gasteiger partial charge on any atom is -0.483 e. The first-order chi connectivity index (χ1) is 17.3. The van der Waals surface area contributed by atoms with Crippen LogP contribution in [0.15, 0.2) is 29.4 Å². The van der Waals surface area contributed by atoms with Crippen molar-refractivity contribution in [2.75, 3.05) is 18.2 Å². The lowest BCUT2D eigenvalue weighted by Crippen LogP contribution is -2.16. The number of amides is 2. The number of thioether (sulfide) groups is 1. The third-order valence-corrected chi connectivity index (χ3v) is 7.85. The number of nitrogens with two attached hydrogens (primary N) is 1. The van der Waals surface area contributed by atoms with Crippen molar-refractivity contribution in [3.8, 4) is 5.75 Å². The summed E-state index contributed by atoms with van der Waals surface area (Å²) in [7, 11) is 3.03. The Bertz CT molecular complexity index is 1310. The number of thiophene rings is 1. The summed E-state index contributed by atoms with van der Waals surface area (Å²) < 4.78 is 12.6. The number of anilines is 1. The van der Waals surface area contributed by atoms with Gasteiger partial charge in [0, 0.05) is 7.05 Å². The normalized spacial score (nSPS) is 12.2. The first-order valence-corrected chi connectivity index (χ1v) is 13.2. The molecule has 0 aliphatic heterocycles. The smallest absolute Gasteiger partial charge is 0.341 e. The number of nitrogens with one attached hydrogen (secondary N) is 1. The third kappa shape index (κ3) is 6.50. The lowest BCUT2D eigenvalue weighted by Gasteiger charge is -2.20. The second-order valence-electron chi connectivity index (χ2n) is 9.39. The zero-order chi connectivity index (χ0) is 27.5. The number of carbonyl (C=O) groups is 3. The maximum atomic E-state index is 12.7. The molecule has 1 atom stereocenters. The summed E-state index contributed by atoms with van der Waals surface area (Å²) in [5, 5.41) is 11.8. The fourth-order valence-corrected chi connectivity index (χ4v) is 5.35. The lowest BCUT2D eigenvalue weighted by molar-refractivity contribution is -0.113. The van der Waals surface area contributed by atoms with Gasteiger partial charge in [0.1, 0.15) is 10.8 Å². The van der Waals surface area contributed by atoms with Crippen LogP contribution >= 0.6 is 23.1 Å². The molecule has 3 aromatic rings. The van der Waals surface area contributed by atoms with Crippen LogP contribution in [0.5, 0.6) is 5.75 Å². The van der Waals surface area contributed by atoms with Crippen molar-refractivity contribution in [3.63, 3.8) is 0 Å². The number of primary amides is 1. The Kier molecular flexibility index (Phi) is 8.64. The van der Waals surface area contributed by atoms with E-state index in [1.54, 1.807) is 18.5 Å². The summed E-state index contributed by atoms with van der Waals surface area (Å²) in [6.07, 6.45) is -0.370. The number of benzene rings is 1. The van der Waals surface area contributed by atoms with Crippen LogP contribution in [0.2, 0.25) is 0 Å². The maximum absolute atomic E-state index is 12.7. The summed E-state index contributed by atoms with van der Waals surface area (Å²) in [5.74, 6) is -0.408. The maximum Gasteiger partial charge on any atom is 0.341 e. The molecule has 0 radical (unpaired) electrons. The van der Waals surface area contributed by atoms with Gasteiger partial charge in [-0.25, -0.2) is 4.79 Å². The van der Waals surface area contributed by atoms with Crippen LogP contribution in [0.3, 0.4) is 0 Å². The molecule has 0 fully saturated rings. The van der Waals surface area contributed by atoms with Crippen molar-refractivity contribution in [2.45, 2.75) is 51.3 Å². The van der Waals surface area contributed by atoms with E-state index in [9.17, 15) is 14.4 Å². The van der Waals surface area contributed by atoms with E-state index >= 15 is 0 Å². The third-order valence-electron chi connectivity index (χ3n) is 5.61. The Labute approximate surface area is 223 Å². The molecule has 198 valence electrons. The van der Waals surface area contributed by atoms with E-state index in [1.807, 2.05) is 31.2 Å². The predicted molar refractivity (Wildman–Crippen MR) is 143 cm³/mol. The van der Waals surface area contributed by atoms with Crippen LogP contribution in [0.25, 0.3) is 0 Å². The molecule has 0 aliphatic rings. The highest BCUT2D eigenvalue weighted by atomic mass is 32.2. The fourth-order valence-electron chi connectivity index (χ4n) is 3.57. The molecule has 1 aromatic carbocycles. The van der Waals surface area contributed by atoms with Crippen molar-refractivity contribution in [1.29, 1.82) is 0 Å².